The molecule has 0 N–H and O–H groups in total. The molecule has 2 aromatic carbocycles. The second-order valence-electron chi connectivity index (χ2n) is 7.12. The molecule has 0 amide bonds. The summed E-state index contributed by atoms with van der Waals surface area (Å²) < 4.78 is 15.6. The Labute approximate surface area is 190 Å². The molecule has 0 aliphatic heterocycles. The average molecular weight is 453 g/mol. The maximum atomic E-state index is 13.4. The minimum Gasteiger partial charge on any atom is -0.374 e. The molecule has 4 nitrogen and oxygen atoms in total. The van der Waals surface area contributed by atoms with E-state index < -0.39 is 0 Å². The van der Waals surface area contributed by atoms with Crippen LogP contribution in [-0.2, 0) is 6.54 Å². The van der Waals surface area contributed by atoms with Crippen LogP contribution < -0.4 is 4.90 Å². The number of hydrogen-bond donors (Lipinski definition) is 0. The number of halogens is 2. The van der Waals surface area contributed by atoms with Crippen molar-refractivity contribution in [2.45, 2.75) is 11.7 Å². The highest BCUT2D eigenvalue weighted by molar-refractivity contribution is 7.99. The smallest absolute Gasteiger partial charge is 0.168 e. The van der Waals surface area contributed by atoms with Crippen molar-refractivity contribution in [2.24, 2.45) is 0 Å². The number of nitrogens with zero attached hydrogens (tertiary/aromatic N) is 4. The Hall–Kier alpha value is -2.83. The Morgan fingerprint density at radius 3 is 2.42 bits per heavy atom. The number of hydrogen-bond acceptors (Lipinski definition) is 4. The van der Waals surface area contributed by atoms with Crippen LogP contribution >= 0.6 is 23.4 Å². The predicted molar refractivity (Wildman–Crippen MR) is 126 cm³/mol. The van der Waals surface area contributed by atoms with Gasteiger partial charge in [0.2, 0.25) is 0 Å². The van der Waals surface area contributed by atoms with Gasteiger partial charge in [0.15, 0.2) is 5.16 Å². The van der Waals surface area contributed by atoms with E-state index in [-0.39, 0.29) is 5.82 Å². The molecule has 0 saturated carbocycles. The van der Waals surface area contributed by atoms with Gasteiger partial charge in [-0.1, -0.05) is 35.5 Å². The van der Waals surface area contributed by atoms with Gasteiger partial charge in [0.05, 0.1) is 18.4 Å². The van der Waals surface area contributed by atoms with Gasteiger partial charge in [-0.15, -0.1) is 0 Å². The van der Waals surface area contributed by atoms with E-state index in [1.54, 1.807) is 36.3 Å². The Balaban J connectivity index is 1.54. The standard InChI is InChI=1S/C24H22ClFN4S/c1-29(22-10-12-27-13-11-22)14-15-31-24-28-16-23(19-4-8-21(26)9-5-19)30(24)17-18-2-6-20(25)7-3-18/h2-13,16H,14-15,17H2,1H3. The maximum Gasteiger partial charge on any atom is 0.168 e. The van der Waals surface area contributed by atoms with E-state index in [9.17, 15) is 4.39 Å². The molecule has 4 rings (SSSR count). The van der Waals surface area contributed by atoms with Crippen molar-refractivity contribution in [1.29, 1.82) is 0 Å². The van der Waals surface area contributed by atoms with Gasteiger partial charge in [0, 0.05) is 42.4 Å². The molecule has 0 fully saturated rings. The lowest BCUT2D eigenvalue weighted by molar-refractivity contribution is 0.628. The summed E-state index contributed by atoms with van der Waals surface area (Å²) in [7, 11) is 2.07. The fourth-order valence-electron chi connectivity index (χ4n) is 3.25. The van der Waals surface area contributed by atoms with E-state index in [0.717, 1.165) is 40.0 Å². The minimum absolute atomic E-state index is 0.249. The quantitative estimate of drug-likeness (QED) is 0.306. The molecular formula is C24H22ClFN4S. The number of aromatic nitrogens is 3. The zero-order chi connectivity index (χ0) is 21.6. The van der Waals surface area contributed by atoms with Crippen molar-refractivity contribution >= 4 is 29.1 Å². The van der Waals surface area contributed by atoms with Crippen LogP contribution in [0.5, 0.6) is 0 Å². The largest absolute Gasteiger partial charge is 0.374 e. The van der Waals surface area contributed by atoms with Crippen LogP contribution in [-0.4, -0.2) is 33.9 Å². The molecule has 7 heteroatoms. The SMILES string of the molecule is CN(CCSc1ncc(-c2ccc(F)cc2)n1Cc1ccc(Cl)cc1)c1ccncc1. The third-order valence-corrected chi connectivity index (χ3v) is 6.20. The average Bonchev–Trinajstić information content (AvgIpc) is 3.18. The molecule has 0 radical (unpaired) electrons. The van der Waals surface area contributed by atoms with Crippen LogP contribution in [0.25, 0.3) is 11.3 Å². The highest BCUT2D eigenvalue weighted by Gasteiger charge is 2.14. The van der Waals surface area contributed by atoms with E-state index in [0.29, 0.717) is 11.6 Å². The fraction of sp³-hybridized carbons (Fsp3) is 0.167. The Bertz CT molecular complexity index is 1110. The predicted octanol–water partition coefficient (Wildman–Crippen LogP) is 6.01. The van der Waals surface area contributed by atoms with Crippen LogP contribution in [0, 0.1) is 5.82 Å². The molecule has 2 heterocycles. The zero-order valence-corrected chi connectivity index (χ0v) is 18.7. The summed E-state index contributed by atoms with van der Waals surface area (Å²) in [5.74, 6) is 0.625. The number of imidazole rings is 1. The summed E-state index contributed by atoms with van der Waals surface area (Å²) in [4.78, 5) is 10.9. The molecule has 0 aliphatic carbocycles. The van der Waals surface area contributed by atoms with Gasteiger partial charge in [-0.2, -0.15) is 0 Å². The number of thioether (sulfide) groups is 1. The topological polar surface area (TPSA) is 34.0 Å². The summed E-state index contributed by atoms with van der Waals surface area (Å²) in [6.07, 6.45) is 5.46. The van der Waals surface area contributed by atoms with Gasteiger partial charge >= 0.3 is 0 Å². The van der Waals surface area contributed by atoms with Gasteiger partial charge in [0.25, 0.3) is 0 Å². The van der Waals surface area contributed by atoms with E-state index in [1.165, 1.54) is 12.1 Å². The highest BCUT2D eigenvalue weighted by Crippen LogP contribution is 2.28. The lowest BCUT2D eigenvalue weighted by atomic mass is 10.1. The first kappa shape index (κ1) is 21.4. The molecule has 31 heavy (non-hydrogen) atoms. The molecular weight excluding hydrogens is 431 g/mol. The maximum absolute atomic E-state index is 13.4. The molecule has 0 unspecified atom stereocenters. The third-order valence-electron chi connectivity index (χ3n) is 4.97. The van der Waals surface area contributed by atoms with E-state index >= 15 is 0 Å². The summed E-state index contributed by atoms with van der Waals surface area (Å²) in [5, 5.41) is 1.64. The normalized spacial score (nSPS) is 10.9. The molecule has 158 valence electrons. The minimum atomic E-state index is -0.249. The molecule has 0 spiro atoms. The summed E-state index contributed by atoms with van der Waals surface area (Å²) in [6.45, 7) is 1.53. The molecule has 2 aromatic heterocycles. The third kappa shape index (κ3) is 5.46. The molecule has 0 aliphatic rings. The second-order valence-corrected chi connectivity index (χ2v) is 8.62. The van der Waals surface area contributed by atoms with Crippen LogP contribution in [0.2, 0.25) is 5.02 Å². The van der Waals surface area contributed by atoms with Crippen molar-refractivity contribution in [3.8, 4) is 11.3 Å². The summed E-state index contributed by atoms with van der Waals surface area (Å²) in [5.41, 5.74) is 4.15. The van der Waals surface area contributed by atoms with Gasteiger partial charge in [-0.3, -0.25) is 4.98 Å². The molecule has 0 atom stereocenters. The Morgan fingerprint density at radius 1 is 1.00 bits per heavy atom. The molecule has 0 saturated heterocycles. The van der Waals surface area contributed by atoms with Gasteiger partial charge in [-0.05, 0) is 59.7 Å². The lowest BCUT2D eigenvalue weighted by Crippen LogP contribution is -2.20. The number of anilines is 1. The zero-order valence-electron chi connectivity index (χ0n) is 17.1. The second kappa shape index (κ2) is 9.98. The van der Waals surface area contributed by atoms with Crippen molar-refractivity contribution in [1.82, 2.24) is 14.5 Å². The first-order chi connectivity index (χ1) is 15.1. The first-order valence-corrected chi connectivity index (χ1v) is 11.3. The fourth-order valence-corrected chi connectivity index (χ4v) is 4.37. The van der Waals surface area contributed by atoms with Gasteiger partial charge in [-0.25, -0.2) is 9.37 Å². The van der Waals surface area contributed by atoms with Crippen LogP contribution in [0.15, 0.2) is 84.4 Å². The van der Waals surface area contributed by atoms with Crippen molar-refractivity contribution in [3.05, 3.63) is 95.7 Å². The molecule has 4 aromatic rings. The van der Waals surface area contributed by atoms with Crippen LogP contribution in [0.3, 0.4) is 0 Å². The van der Waals surface area contributed by atoms with Crippen molar-refractivity contribution in [2.75, 3.05) is 24.2 Å². The number of rotatable bonds is 8. The van der Waals surface area contributed by atoms with Crippen molar-refractivity contribution in [3.63, 3.8) is 0 Å². The lowest BCUT2D eigenvalue weighted by Gasteiger charge is -2.19. The Kier molecular flexibility index (Phi) is 6.89. The van der Waals surface area contributed by atoms with Crippen molar-refractivity contribution < 1.29 is 4.39 Å². The monoisotopic (exact) mass is 452 g/mol. The molecule has 0 bridgehead atoms. The summed E-state index contributed by atoms with van der Waals surface area (Å²) in [6, 6.07) is 18.3. The van der Waals surface area contributed by atoms with E-state index in [2.05, 4.69) is 26.5 Å². The first-order valence-electron chi connectivity index (χ1n) is 9.90. The number of pyridine rings is 1. The van der Waals surface area contributed by atoms with Gasteiger partial charge < -0.3 is 9.47 Å². The van der Waals surface area contributed by atoms with Crippen LogP contribution in [0.4, 0.5) is 10.1 Å². The Morgan fingerprint density at radius 2 is 1.71 bits per heavy atom. The van der Waals surface area contributed by atoms with E-state index in [4.69, 9.17) is 11.6 Å². The number of benzene rings is 2. The summed E-state index contributed by atoms with van der Waals surface area (Å²) >= 11 is 7.75. The van der Waals surface area contributed by atoms with Crippen LogP contribution in [0.1, 0.15) is 5.56 Å². The van der Waals surface area contributed by atoms with Gasteiger partial charge in [0.1, 0.15) is 5.82 Å². The highest BCUT2D eigenvalue weighted by atomic mass is 35.5. The van der Waals surface area contributed by atoms with E-state index in [1.807, 2.05) is 42.6 Å².